The number of amides is 1. The summed E-state index contributed by atoms with van der Waals surface area (Å²) in [6, 6.07) is 10.6. The standard InChI is InChI=1S/C21H17F3N4O/c1-27-11-25-19-18(27)16-10-12(20(29)26-14-5-6-14)2-9-17(16)28(19)15-7-3-13(4-8-15)21(22,23)24/h2-4,7-11,14H,5-6H2,1H3,(H,26,29). The van der Waals surface area contributed by atoms with Crippen LogP contribution < -0.4 is 5.32 Å². The molecular formula is C21H17F3N4O. The minimum absolute atomic E-state index is 0.119. The Bertz CT molecular complexity index is 1250. The van der Waals surface area contributed by atoms with Crippen molar-refractivity contribution in [1.82, 2.24) is 19.4 Å². The normalized spacial score (nSPS) is 14.6. The molecule has 0 bridgehead atoms. The molecule has 148 valence electrons. The number of fused-ring (bicyclic) bond motifs is 3. The van der Waals surface area contributed by atoms with Crippen LogP contribution in [-0.4, -0.2) is 26.1 Å². The van der Waals surface area contributed by atoms with E-state index in [1.807, 2.05) is 28.3 Å². The van der Waals surface area contributed by atoms with Crippen LogP contribution in [0.1, 0.15) is 28.8 Å². The summed E-state index contributed by atoms with van der Waals surface area (Å²) in [5, 5.41) is 3.80. The fourth-order valence-electron chi connectivity index (χ4n) is 3.63. The van der Waals surface area contributed by atoms with Crippen LogP contribution in [0.2, 0.25) is 0 Å². The maximum Gasteiger partial charge on any atom is 0.416 e. The number of alkyl halides is 3. The van der Waals surface area contributed by atoms with Crippen LogP contribution in [0.4, 0.5) is 13.2 Å². The number of aryl methyl sites for hydroxylation is 1. The number of carbonyl (C=O) groups is 1. The van der Waals surface area contributed by atoms with E-state index in [4.69, 9.17) is 0 Å². The van der Waals surface area contributed by atoms with Gasteiger partial charge in [0.2, 0.25) is 0 Å². The molecule has 0 spiro atoms. The first-order chi connectivity index (χ1) is 13.8. The number of aromatic nitrogens is 3. The van der Waals surface area contributed by atoms with E-state index in [1.165, 1.54) is 12.1 Å². The number of hydrogen-bond donors (Lipinski definition) is 1. The molecule has 29 heavy (non-hydrogen) atoms. The van der Waals surface area contributed by atoms with Crippen molar-refractivity contribution < 1.29 is 18.0 Å². The van der Waals surface area contributed by atoms with Crippen LogP contribution in [0, 0.1) is 0 Å². The molecule has 1 amide bonds. The van der Waals surface area contributed by atoms with Crippen molar-refractivity contribution in [2.75, 3.05) is 0 Å². The molecular weight excluding hydrogens is 381 g/mol. The highest BCUT2D eigenvalue weighted by molar-refractivity contribution is 6.09. The van der Waals surface area contributed by atoms with Crippen LogP contribution in [0.25, 0.3) is 27.8 Å². The van der Waals surface area contributed by atoms with Gasteiger partial charge in [0.1, 0.15) is 0 Å². The molecule has 1 N–H and O–H groups in total. The van der Waals surface area contributed by atoms with Gasteiger partial charge in [-0.2, -0.15) is 13.2 Å². The summed E-state index contributed by atoms with van der Waals surface area (Å²) < 4.78 is 42.4. The molecule has 4 aromatic rings. The van der Waals surface area contributed by atoms with Crippen molar-refractivity contribution in [1.29, 1.82) is 0 Å². The van der Waals surface area contributed by atoms with E-state index in [1.54, 1.807) is 12.4 Å². The first-order valence-corrected chi connectivity index (χ1v) is 9.27. The van der Waals surface area contributed by atoms with E-state index in [0.29, 0.717) is 16.9 Å². The second kappa shape index (κ2) is 6.10. The topological polar surface area (TPSA) is 51.9 Å². The zero-order chi connectivity index (χ0) is 20.3. The summed E-state index contributed by atoms with van der Waals surface area (Å²) in [4.78, 5) is 16.9. The lowest BCUT2D eigenvalue weighted by Crippen LogP contribution is -2.25. The predicted molar refractivity (Wildman–Crippen MR) is 103 cm³/mol. The highest BCUT2D eigenvalue weighted by atomic mass is 19.4. The van der Waals surface area contributed by atoms with Gasteiger partial charge in [0, 0.05) is 29.7 Å². The van der Waals surface area contributed by atoms with Gasteiger partial charge in [-0.05, 0) is 55.3 Å². The van der Waals surface area contributed by atoms with Gasteiger partial charge in [-0.3, -0.25) is 9.36 Å². The molecule has 0 saturated heterocycles. The molecule has 1 fully saturated rings. The fraction of sp³-hybridized carbons (Fsp3) is 0.238. The van der Waals surface area contributed by atoms with E-state index < -0.39 is 11.7 Å². The van der Waals surface area contributed by atoms with Gasteiger partial charge in [0.25, 0.3) is 5.91 Å². The number of nitrogens with zero attached hydrogens (tertiary/aromatic N) is 3. The fourth-order valence-corrected chi connectivity index (χ4v) is 3.63. The number of hydrogen-bond acceptors (Lipinski definition) is 2. The molecule has 1 aliphatic carbocycles. The first-order valence-electron chi connectivity index (χ1n) is 9.27. The number of imidazole rings is 1. The average molecular weight is 398 g/mol. The third kappa shape index (κ3) is 2.95. The van der Waals surface area contributed by atoms with Crippen LogP contribution in [0.15, 0.2) is 48.8 Å². The number of rotatable bonds is 3. The predicted octanol–water partition coefficient (Wildman–Crippen LogP) is 4.43. The Morgan fingerprint density at radius 3 is 2.52 bits per heavy atom. The smallest absolute Gasteiger partial charge is 0.349 e. The van der Waals surface area contributed by atoms with Crippen LogP contribution in [0.3, 0.4) is 0 Å². The van der Waals surface area contributed by atoms with Gasteiger partial charge < -0.3 is 9.88 Å². The van der Waals surface area contributed by atoms with Crippen molar-refractivity contribution >= 4 is 28.0 Å². The Morgan fingerprint density at radius 1 is 1.14 bits per heavy atom. The van der Waals surface area contributed by atoms with Gasteiger partial charge >= 0.3 is 6.18 Å². The second-order valence-electron chi connectivity index (χ2n) is 7.39. The Morgan fingerprint density at radius 2 is 1.86 bits per heavy atom. The lowest BCUT2D eigenvalue weighted by Gasteiger charge is -2.10. The highest BCUT2D eigenvalue weighted by Gasteiger charge is 2.30. The van der Waals surface area contributed by atoms with Gasteiger partial charge in [-0.1, -0.05) is 0 Å². The molecule has 2 aromatic carbocycles. The molecule has 0 unspecified atom stereocenters. The van der Waals surface area contributed by atoms with Gasteiger partial charge in [0.05, 0.1) is 22.9 Å². The van der Waals surface area contributed by atoms with Gasteiger partial charge in [0.15, 0.2) is 5.65 Å². The van der Waals surface area contributed by atoms with Crippen molar-refractivity contribution in [3.8, 4) is 5.69 Å². The lowest BCUT2D eigenvalue weighted by molar-refractivity contribution is -0.137. The summed E-state index contributed by atoms with van der Waals surface area (Å²) in [5.74, 6) is -0.119. The molecule has 8 heteroatoms. The summed E-state index contributed by atoms with van der Waals surface area (Å²) in [5.41, 5.74) is 2.65. The molecule has 2 heterocycles. The van der Waals surface area contributed by atoms with Crippen LogP contribution in [0.5, 0.6) is 0 Å². The molecule has 1 aliphatic rings. The zero-order valence-corrected chi connectivity index (χ0v) is 15.5. The Kier molecular flexibility index (Phi) is 3.74. The summed E-state index contributed by atoms with van der Waals surface area (Å²) >= 11 is 0. The molecule has 0 atom stereocenters. The molecule has 1 saturated carbocycles. The van der Waals surface area contributed by atoms with Crippen LogP contribution >= 0.6 is 0 Å². The van der Waals surface area contributed by atoms with E-state index in [9.17, 15) is 18.0 Å². The Balaban J connectivity index is 1.67. The summed E-state index contributed by atoms with van der Waals surface area (Å²) in [7, 11) is 1.85. The van der Waals surface area contributed by atoms with E-state index in [-0.39, 0.29) is 11.9 Å². The SMILES string of the molecule is Cn1cnc2c1c1cc(C(=O)NC3CC3)ccc1n2-c1ccc(C(F)(F)F)cc1. The van der Waals surface area contributed by atoms with Gasteiger partial charge in [-0.25, -0.2) is 4.98 Å². The lowest BCUT2D eigenvalue weighted by atomic mass is 10.1. The van der Waals surface area contributed by atoms with E-state index in [0.717, 1.165) is 41.4 Å². The van der Waals surface area contributed by atoms with E-state index in [2.05, 4.69) is 10.3 Å². The maximum absolute atomic E-state index is 12.9. The minimum Gasteiger partial charge on any atom is -0.349 e. The molecule has 5 nitrogen and oxygen atoms in total. The zero-order valence-electron chi connectivity index (χ0n) is 15.5. The average Bonchev–Trinajstić information content (AvgIpc) is 3.33. The number of benzene rings is 2. The maximum atomic E-state index is 12.9. The minimum atomic E-state index is -4.39. The van der Waals surface area contributed by atoms with E-state index >= 15 is 0 Å². The monoisotopic (exact) mass is 398 g/mol. The first kappa shape index (κ1) is 17.8. The van der Waals surface area contributed by atoms with Crippen molar-refractivity contribution in [3.63, 3.8) is 0 Å². The number of halogens is 3. The van der Waals surface area contributed by atoms with Crippen molar-refractivity contribution in [2.24, 2.45) is 7.05 Å². The third-order valence-electron chi connectivity index (χ3n) is 5.25. The second-order valence-corrected chi connectivity index (χ2v) is 7.39. The number of nitrogens with one attached hydrogen (secondary N) is 1. The number of carbonyl (C=O) groups excluding carboxylic acids is 1. The van der Waals surface area contributed by atoms with Crippen molar-refractivity contribution in [2.45, 2.75) is 25.1 Å². The molecule has 2 aromatic heterocycles. The quantitative estimate of drug-likeness (QED) is 0.555. The van der Waals surface area contributed by atoms with Crippen LogP contribution in [-0.2, 0) is 13.2 Å². The highest BCUT2D eigenvalue weighted by Crippen LogP contribution is 2.34. The van der Waals surface area contributed by atoms with Crippen molar-refractivity contribution in [3.05, 3.63) is 59.9 Å². The Labute approximate surface area is 163 Å². The molecule has 0 aliphatic heterocycles. The molecule has 5 rings (SSSR count). The van der Waals surface area contributed by atoms with Gasteiger partial charge in [-0.15, -0.1) is 0 Å². The summed E-state index contributed by atoms with van der Waals surface area (Å²) in [6.45, 7) is 0. The largest absolute Gasteiger partial charge is 0.416 e. The Hall–Kier alpha value is -3.29. The molecule has 0 radical (unpaired) electrons. The third-order valence-corrected chi connectivity index (χ3v) is 5.25. The summed E-state index contributed by atoms with van der Waals surface area (Å²) in [6.07, 6.45) is -0.725.